The quantitative estimate of drug-likeness (QED) is 0.841. The van der Waals surface area contributed by atoms with E-state index in [4.69, 9.17) is 4.74 Å². The summed E-state index contributed by atoms with van der Waals surface area (Å²) in [6, 6.07) is 14.7. The molecular weight excluding hydrogens is 328 g/mol. The van der Waals surface area contributed by atoms with Gasteiger partial charge in [-0.25, -0.2) is 0 Å². The van der Waals surface area contributed by atoms with Crippen LogP contribution < -0.4 is 5.32 Å². The lowest BCUT2D eigenvalue weighted by atomic mass is 9.91. The Morgan fingerprint density at radius 1 is 1.15 bits per heavy atom. The van der Waals surface area contributed by atoms with Gasteiger partial charge in [0.25, 0.3) is 5.91 Å². The zero-order valence-corrected chi connectivity index (χ0v) is 15.2. The molecule has 1 heterocycles. The van der Waals surface area contributed by atoms with Crippen molar-refractivity contribution >= 4 is 11.8 Å². The molecule has 1 aliphatic heterocycles. The van der Waals surface area contributed by atoms with Crippen molar-refractivity contribution in [1.82, 2.24) is 10.2 Å². The number of carbonyl (C=O) groups is 2. The third kappa shape index (κ3) is 3.78. The summed E-state index contributed by atoms with van der Waals surface area (Å²) in [7, 11) is 1.59. The van der Waals surface area contributed by atoms with Crippen LogP contribution in [0.25, 0.3) is 0 Å². The monoisotopic (exact) mass is 352 g/mol. The van der Waals surface area contributed by atoms with Gasteiger partial charge in [0, 0.05) is 25.8 Å². The van der Waals surface area contributed by atoms with Gasteiger partial charge in [0.05, 0.1) is 6.61 Å². The molecule has 5 heteroatoms. The first-order valence-corrected chi connectivity index (χ1v) is 8.84. The van der Waals surface area contributed by atoms with Crippen LogP contribution in [0.4, 0.5) is 0 Å². The number of fused-ring (bicyclic) bond motifs is 1. The van der Waals surface area contributed by atoms with Gasteiger partial charge in [-0.2, -0.15) is 0 Å². The normalized spacial score (nSPS) is 16.1. The van der Waals surface area contributed by atoms with E-state index in [-0.39, 0.29) is 11.8 Å². The topological polar surface area (TPSA) is 58.6 Å². The molecule has 2 aromatic rings. The number of amides is 2. The van der Waals surface area contributed by atoms with E-state index in [0.29, 0.717) is 25.3 Å². The van der Waals surface area contributed by atoms with Gasteiger partial charge >= 0.3 is 0 Å². The molecule has 0 bridgehead atoms. The van der Waals surface area contributed by atoms with Gasteiger partial charge in [0.2, 0.25) is 5.91 Å². The van der Waals surface area contributed by atoms with E-state index in [9.17, 15) is 9.59 Å². The van der Waals surface area contributed by atoms with Crippen LogP contribution in [-0.2, 0) is 16.0 Å². The number of nitrogens with one attached hydrogen (secondary N) is 1. The SMILES string of the molecule is COCCNC(=O)[C@H]1c2ccccc2CCN1C(=O)c1ccc(C)cc1. The van der Waals surface area contributed by atoms with Crippen molar-refractivity contribution < 1.29 is 14.3 Å². The molecule has 0 aromatic heterocycles. The number of carbonyl (C=O) groups excluding carboxylic acids is 2. The molecule has 0 saturated carbocycles. The number of hydrogen-bond donors (Lipinski definition) is 1. The third-order valence-corrected chi connectivity index (χ3v) is 4.70. The number of rotatable bonds is 5. The van der Waals surface area contributed by atoms with Crippen LogP contribution in [0.3, 0.4) is 0 Å². The Balaban J connectivity index is 1.91. The Labute approximate surface area is 154 Å². The molecule has 2 aromatic carbocycles. The Morgan fingerprint density at radius 2 is 1.88 bits per heavy atom. The minimum absolute atomic E-state index is 0.119. The van der Waals surface area contributed by atoms with E-state index in [1.807, 2.05) is 55.5 Å². The first-order chi connectivity index (χ1) is 12.6. The first-order valence-electron chi connectivity index (χ1n) is 8.84. The number of ether oxygens (including phenoxy) is 1. The Morgan fingerprint density at radius 3 is 2.62 bits per heavy atom. The fourth-order valence-electron chi connectivity index (χ4n) is 3.30. The molecule has 0 aliphatic carbocycles. The molecule has 1 N–H and O–H groups in total. The van der Waals surface area contributed by atoms with Crippen LogP contribution in [-0.4, -0.2) is 43.5 Å². The maximum Gasteiger partial charge on any atom is 0.254 e. The molecular formula is C21H24N2O3. The summed E-state index contributed by atoms with van der Waals surface area (Å²) < 4.78 is 5.01. The van der Waals surface area contributed by atoms with Gasteiger partial charge in [-0.15, -0.1) is 0 Å². The standard InChI is InChI=1S/C21H24N2O3/c1-15-7-9-17(10-8-15)21(25)23-13-11-16-5-3-4-6-18(16)19(23)20(24)22-12-14-26-2/h3-10,19H,11-14H2,1-2H3,(H,22,24)/t19-/m1/s1. The van der Waals surface area contributed by atoms with E-state index < -0.39 is 6.04 Å². The second kappa shape index (κ2) is 8.15. The Bertz CT molecular complexity index is 786. The first kappa shape index (κ1) is 18.1. The van der Waals surface area contributed by atoms with Crippen LogP contribution in [0.5, 0.6) is 0 Å². The van der Waals surface area contributed by atoms with E-state index in [0.717, 1.165) is 23.1 Å². The van der Waals surface area contributed by atoms with E-state index in [1.54, 1.807) is 12.0 Å². The van der Waals surface area contributed by atoms with Gasteiger partial charge < -0.3 is 15.0 Å². The van der Waals surface area contributed by atoms with Crippen molar-refractivity contribution in [3.63, 3.8) is 0 Å². The largest absolute Gasteiger partial charge is 0.383 e. The highest BCUT2D eigenvalue weighted by Crippen LogP contribution is 2.31. The predicted octanol–water partition coefficient (Wildman–Crippen LogP) is 2.50. The van der Waals surface area contributed by atoms with Gasteiger partial charge in [-0.05, 0) is 36.6 Å². The molecule has 0 unspecified atom stereocenters. The molecule has 0 spiro atoms. The van der Waals surface area contributed by atoms with E-state index >= 15 is 0 Å². The van der Waals surface area contributed by atoms with Crippen LogP contribution in [0.1, 0.15) is 33.1 Å². The lowest BCUT2D eigenvalue weighted by molar-refractivity contribution is -0.126. The average molecular weight is 352 g/mol. The lowest BCUT2D eigenvalue weighted by Crippen LogP contribution is -2.47. The minimum Gasteiger partial charge on any atom is -0.383 e. The zero-order chi connectivity index (χ0) is 18.5. The van der Waals surface area contributed by atoms with Crippen molar-refractivity contribution in [1.29, 1.82) is 0 Å². The van der Waals surface area contributed by atoms with E-state index in [2.05, 4.69) is 5.32 Å². The molecule has 26 heavy (non-hydrogen) atoms. The maximum atomic E-state index is 13.1. The molecule has 0 radical (unpaired) electrons. The summed E-state index contributed by atoms with van der Waals surface area (Å²) in [4.78, 5) is 27.6. The van der Waals surface area contributed by atoms with Gasteiger partial charge in [0.1, 0.15) is 6.04 Å². The number of hydrogen-bond acceptors (Lipinski definition) is 3. The highest BCUT2D eigenvalue weighted by molar-refractivity contribution is 5.98. The minimum atomic E-state index is -0.620. The van der Waals surface area contributed by atoms with Crippen LogP contribution >= 0.6 is 0 Å². The molecule has 3 rings (SSSR count). The number of methoxy groups -OCH3 is 1. The smallest absolute Gasteiger partial charge is 0.254 e. The van der Waals surface area contributed by atoms with Crippen LogP contribution in [0.2, 0.25) is 0 Å². The maximum absolute atomic E-state index is 13.1. The fourth-order valence-corrected chi connectivity index (χ4v) is 3.30. The third-order valence-electron chi connectivity index (χ3n) is 4.70. The average Bonchev–Trinajstić information content (AvgIpc) is 2.67. The van der Waals surface area contributed by atoms with Gasteiger partial charge in [-0.3, -0.25) is 9.59 Å². The van der Waals surface area contributed by atoms with Crippen molar-refractivity contribution in [2.75, 3.05) is 26.8 Å². The fraction of sp³-hybridized carbons (Fsp3) is 0.333. The number of nitrogens with zero attached hydrogens (tertiary/aromatic N) is 1. The summed E-state index contributed by atoms with van der Waals surface area (Å²) in [5, 5.41) is 2.88. The number of benzene rings is 2. The van der Waals surface area contributed by atoms with Gasteiger partial charge in [0.15, 0.2) is 0 Å². The lowest BCUT2D eigenvalue weighted by Gasteiger charge is -2.36. The van der Waals surface area contributed by atoms with Crippen molar-refractivity contribution in [2.45, 2.75) is 19.4 Å². The molecule has 0 fully saturated rings. The summed E-state index contributed by atoms with van der Waals surface area (Å²) in [6.45, 7) is 3.36. The second-order valence-corrected chi connectivity index (χ2v) is 6.50. The van der Waals surface area contributed by atoms with Crippen molar-refractivity contribution in [2.24, 2.45) is 0 Å². The summed E-state index contributed by atoms with van der Waals surface area (Å²) in [5.74, 6) is -0.291. The van der Waals surface area contributed by atoms with Crippen molar-refractivity contribution in [3.8, 4) is 0 Å². The van der Waals surface area contributed by atoms with Crippen LogP contribution in [0, 0.1) is 6.92 Å². The second-order valence-electron chi connectivity index (χ2n) is 6.50. The molecule has 0 saturated heterocycles. The molecule has 136 valence electrons. The Hall–Kier alpha value is -2.66. The highest BCUT2D eigenvalue weighted by Gasteiger charge is 2.35. The molecule has 1 aliphatic rings. The summed E-state index contributed by atoms with van der Waals surface area (Å²) in [6.07, 6.45) is 0.746. The summed E-state index contributed by atoms with van der Waals surface area (Å²) >= 11 is 0. The molecule has 2 amide bonds. The summed E-state index contributed by atoms with van der Waals surface area (Å²) in [5.41, 5.74) is 3.71. The highest BCUT2D eigenvalue weighted by atomic mass is 16.5. The predicted molar refractivity (Wildman–Crippen MR) is 100.0 cm³/mol. The van der Waals surface area contributed by atoms with E-state index in [1.165, 1.54) is 0 Å². The molecule has 1 atom stereocenters. The zero-order valence-electron chi connectivity index (χ0n) is 15.2. The van der Waals surface area contributed by atoms with Crippen LogP contribution in [0.15, 0.2) is 48.5 Å². The van der Waals surface area contributed by atoms with Gasteiger partial charge in [-0.1, -0.05) is 42.0 Å². The van der Waals surface area contributed by atoms with Crippen molar-refractivity contribution in [3.05, 3.63) is 70.8 Å². The number of aryl methyl sites for hydroxylation is 1. The molecule has 5 nitrogen and oxygen atoms in total. The Kier molecular flexibility index (Phi) is 5.68.